The van der Waals surface area contributed by atoms with Crippen molar-refractivity contribution in [3.63, 3.8) is 0 Å². The summed E-state index contributed by atoms with van der Waals surface area (Å²) in [6.45, 7) is 1.68. The van der Waals surface area contributed by atoms with E-state index in [0.29, 0.717) is 10.6 Å². The van der Waals surface area contributed by atoms with Gasteiger partial charge in [-0.3, -0.25) is 0 Å². The van der Waals surface area contributed by atoms with Gasteiger partial charge in [0.2, 0.25) is 0 Å². The highest BCUT2D eigenvalue weighted by Gasteiger charge is 2.29. The minimum absolute atomic E-state index is 0.204. The second-order valence-corrected chi connectivity index (χ2v) is 5.21. The van der Waals surface area contributed by atoms with Gasteiger partial charge in [-0.05, 0) is 38.1 Å². The number of aliphatic hydroxyl groups is 1. The Morgan fingerprint density at radius 3 is 2.69 bits per heavy atom. The third-order valence-electron chi connectivity index (χ3n) is 2.87. The Hall–Kier alpha value is -0.580. The number of hydrogen-bond donors (Lipinski definition) is 2. The van der Waals surface area contributed by atoms with E-state index in [-0.39, 0.29) is 5.82 Å². The largest absolute Gasteiger partial charge is 0.389 e. The number of rotatable bonds is 3. The smallest absolute Gasteiger partial charge is 0.136 e. The van der Waals surface area contributed by atoms with Gasteiger partial charge < -0.3 is 10.4 Å². The van der Waals surface area contributed by atoms with E-state index in [2.05, 4.69) is 5.32 Å². The van der Waals surface area contributed by atoms with Crippen LogP contribution in [0.15, 0.2) is 29.2 Å². The summed E-state index contributed by atoms with van der Waals surface area (Å²) in [6.07, 6.45) is 1.49. The third kappa shape index (κ3) is 2.97. The van der Waals surface area contributed by atoms with Gasteiger partial charge in [-0.25, -0.2) is 4.39 Å². The monoisotopic (exact) mass is 241 g/mol. The van der Waals surface area contributed by atoms with Crippen LogP contribution >= 0.6 is 11.8 Å². The minimum atomic E-state index is -0.641. The van der Waals surface area contributed by atoms with Crippen LogP contribution in [0.5, 0.6) is 0 Å². The zero-order chi connectivity index (χ0) is 11.4. The molecular weight excluding hydrogens is 225 g/mol. The molecule has 1 aliphatic rings. The lowest BCUT2D eigenvalue weighted by Crippen LogP contribution is -2.43. The van der Waals surface area contributed by atoms with E-state index in [1.807, 2.05) is 6.07 Å². The van der Waals surface area contributed by atoms with Crippen molar-refractivity contribution in [3.05, 3.63) is 30.1 Å². The summed E-state index contributed by atoms with van der Waals surface area (Å²) < 4.78 is 13.4. The predicted molar refractivity (Wildman–Crippen MR) is 64.2 cm³/mol. The number of benzene rings is 1. The number of piperidine rings is 1. The number of thioether (sulfide) groups is 1. The molecule has 1 saturated heterocycles. The molecule has 1 aromatic carbocycles. The third-order valence-corrected chi connectivity index (χ3v) is 4.19. The fourth-order valence-corrected chi connectivity index (χ4v) is 2.90. The number of hydrogen-bond acceptors (Lipinski definition) is 3. The number of halogens is 1. The highest BCUT2D eigenvalue weighted by atomic mass is 32.2. The van der Waals surface area contributed by atoms with E-state index >= 15 is 0 Å². The molecule has 2 N–H and O–H groups in total. The maximum atomic E-state index is 13.4. The molecule has 0 aromatic heterocycles. The van der Waals surface area contributed by atoms with Crippen molar-refractivity contribution >= 4 is 11.8 Å². The summed E-state index contributed by atoms with van der Waals surface area (Å²) in [4.78, 5) is 0.620. The molecule has 1 fully saturated rings. The molecule has 2 rings (SSSR count). The average molecular weight is 241 g/mol. The molecule has 0 atom stereocenters. The number of nitrogens with one attached hydrogen (secondary N) is 1. The van der Waals surface area contributed by atoms with Crippen LogP contribution in [0.4, 0.5) is 4.39 Å². The fraction of sp³-hybridized carbons (Fsp3) is 0.500. The maximum absolute atomic E-state index is 13.4. The predicted octanol–water partition coefficient (Wildman–Crippen LogP) is 2.03. The Balaban J connectivity index is 1.94. The van der Waals surface area contributed by atoms with Gasteiger partial charge in [0.25, 0.3) is 0 Å². The van der Waals surface area contributed by atoms with Gasteiger partial charge in [0.1, 0.15) is 5.82 Å². The van der Waals surface area contributed by atoms with Gasteiger partial charge in [-0.2, -0.15) is 0 Å². The highest BCUT2D eigenvalue weighted by Crippen LogP contribution is 2.29. The van der Waals surface area contributed by atoms with Gasteiger partial charge in [-0.15, -0.1) is 11.8 Å². The van der Waals surface area contributed by atoms with Crippen molar-refractivity contribution in [1.29, 1.82) is 0 Å². The second kappa shape index (κ2) is 5.17. The topological polar surface area (TPSA) is 32.3 Å². The molecule has 0 aliphatic carbocycles. The van der Waals surface area contributed by atoms with Crippen LogP contribution in [0.25, 0.3) is 0 Å². The van der Waals surface area contributed by atoms with Crippen molar-refractivity contribution in [2.75, 3.05) is 18.8 Å². The van der Waals surface area contributed by atoms with Crippen LogP contribution in [0, 0.1) is 5.82 Å². The minimum Gasteiger partial charge on any atom is -0.389 e. The van der Waals surface area contributed by atoms with E-state index in [0.717, 1.165) is 25.9 Å². The molecule has 1 aromatic rings. The second-order valence-electron chi connectivity index (χ2n) is 4.19. The van der Waals surface area contributed by atoms with E-state index in [1.165, 1.54) is 17.8 Å². The molecule has 0 saturated carbocycles. The first-order valence-corrected chi connectivity index (χ1v) is 6.49. The Labute approximate surface area is 99.2 Å². The highest BCUT2D eigenvalue weighted by molar-refractivity contribution is 7.99. The molecule has 1 aliphatic heterocycles. The maximum Gasteiger partial charge on any atom is 0.136 e. The molecule has 88 valence electrons. The first-order valence-electron chi connectivity index (χ1n) is 5.50. The Bertz CT molecular complexity index is 353. The molecule has 0 radical (unpaired) electrons. The van der Waals surface area contributed by atoms with Crippen molar-refractivity contribution < 1.29 is 9.50 Å². The Morgan fingerprint density at radius 2 is 2.00 bits per heavy atom. The van der Waals surface area contributed by atoms with Crippen molar-refractivity contribution in [2.24, 2.45) is 0 Å². The zero-order valence-corrected chi connectivity index (χ0v) is 9.89. The van der Waals surface area contributed by atoms with Gasteiger partial charge in [-0.1, -0.05) is 12.1 Å². The fourth-order valence-electron chi connectivity index (χ4n) is 1.81. The summed E-state index contributed by atoms with van der Waals surface area (Å²) >= 11 is 1.40. The van der Waals surface area contributed by atoms with E-state index in [9.17, 15) is 9.50 Å². The van der Waals surface area contributed by atoms with Crippen molar-refractivity contribution in [3.8, 4) is 0 Å². The van der Waals surface area contributed by atoms with Crippen LogP contribution in [0.1, 0.15) is 12.8 Å². The normalized spacial score (nSPS) is 19.6. The summed E-state index contributed by atoms with van der Waals surface area (Å²) in [6, 6.07) is 6.70. The van der Waals surface area contributed by atoms with Gasteiger partial charge in [0.05, 0.1) is 5.60 Å². The lowest BCUT2D eigenvalue weighted by molar-refractivity contribution is 0.0339. The van der Waals surface area contributed by atoms with Crippen LogP contribution in [0.3, 0.4) is 0 Å². The molecule has 16 heavy (non-hydrogen) atoms. The molecule has 0 spiro atoms. The van der Waals surface area contributed by atoms with Crippen LogP contribution in [0.2, 0.25) is 0 Å². The molecular formula is C12H16FNOS. The van der Waals surface area contributed by atoms with Crippen LogP contribution < -0.4 is 5.32 Å². The lowest BCUT2D eigenvalue weighted by atomic mass is 9.95. The van der Waals surface area contributed by atoms with Crippen molar-refractivity contribution in [2.45, 2.75) is 23.3 Å². The van der Waals surface area contributed by atoms with E-state index in [4.69, 9.17) is 0 Å². The van der Waals surface area contributed by atoms with E-state index < -0.39 is 5.60 Å². The molecule has 0 amide bonds. The summed E-state index contributed by atoms with van der Waals surface area (Å²) in [7, 11) is 0. The van der Waals surface area contributed by atoms with Gasteiger partial charge in [0, 0.05) is 10.6 Å². The van der Waals surface area contributed by atoms with E-state index in [1.54, 1.807) is 12.1 Å². The molecule has 4 heteroatoms. The Morgan fingerprint density at radius 1 is 1.31 bits per heavy atom. The molecule has 0 bridgehead atoms. The van der Waals surface area contributed by atoms with Crippen LogP contribution in [-0.2, 0) is 0 Å². The quantitative estimate of drug-likeness (QED) is 0.794. The lowest BCUT2D eigenvalue weighted by Gasteiger charge is -2.32. The SMILES string of the molecule is OC1(CSc2ccccc2F)CCNCC1. The summed E-state index contributed by atoms with van der Waals surface area (Å²) in [5, 5.41) is 13.4. The Kier molecular flexibility index (Phi) is 3.84. The summed E-state index contributed by atoms with van der Waals surface area (Å²) in [5.74, 6) is 0.361. The van der Waals surface area contributed by atoms with Gasteiger partial charge >= 0.3 is 0 Å². The summed E-state index contributed by atoms with van der Waals surface area (Å²) in [5.41, 5.74) is -0.641. The molecule has 2 nitrogen and oxygen atoms in total. The first-order chi connectivity index (χ1) is 7.70. The average Bonchev–Trinajstić information content (AvgIpc) is 2.29. The molecule has 1 heterocycles. The molecule has 0 unspecified atom stereocenters. The van der Waals surface area contributed by atoms with Crippen LogP contribution in [-0.4, -0.2) is 29.5 Å². The van der Waals surface area contributed by atoms with Gasteiger partial charge in [0.15, 0.2) is 0 Å². The first kappa shape index (κ1) is 11.9. The van der Waals surface area contributed by atoms with Crippen molar-refractivity contribution in [1.82, 2.24) is 5.32 Å². The zero-order valence-electron chi connectivity index (χ0n) is 9.08. The standard InChI is InChI=1S/C12H16FNOS/c13-10-3-1-2-4-11(10)16-9-12(15)5-7-14-8-6-12/h1-4,14-15H,5-9H2.